The van der Waals surface area contributed by atoms with Gasteiger partial charge in [-0.1, -0.05) is 29.4 Å². The van der Waals surface area contributed by atoms with Crippen LogP contribution in [-0.4, -0.2) is 45.6 Å². The second-order valence-corrected chi connectivity index (χ2v) is 8.55. The third-order valence-corrected chi connectivity index (χ3v) is 5.81. The summed E-state index contributed by atoms with van der Waals surface area (Å²) in [6.45, 7) is 3.06. The van der Waals surface area contributed by atoms with Gasteiger partial charge in [0.25, 0.3) is 5.91 Å². The third kappa shape index (κ3) is 5.19. The van der Waals surface area contributed by atoms with E-state index in [2.05, 4.69) is 10.5 Å². The summed E-state index contributed by atoms with van der Waals surface area (Å²) in [5, 5.41) is 15.0. The standard InChI is InChI=1S/C21H20F3N3O3S/c1-20(2)18(28)27(19(29)25-20)11-16(26-30)12-31-17-9-5-14(6-10-17)13-3-7-15(8-4-13)21(22,23)24/h3-10,30H,11-12H2,1-2H3,(H,25,29)/b26-16+. The highest BCUT2D eigenvalue weighted by Crippen LogP contribution is 2.31. The number of oxime groups is 1. The molecular weight excluding hydrogens is 431 g/mol. The summed E-state index contributed by atoms with van der Waals surface area (Å²) < 4.78 is 38.1. The molecule has 0 atom stereocenters. The molecule has 164 valence electrons. The number of amides is 3. The second kappa shape index (κ2) is 8.62. The van der Waals surface area contributed by atoms with Gasteiger partial charge in [0, 0.05) is 10.6 Å². The number of imide groups is 1. The molecule has 6 nitrogen and oxygen atoms in total. The van der Waals surface area contributed by atoms with E-state index in [-0.39, 0.29) is 18.0 Å². The number of urea groups is 1. The van der Waals surface area contributed by atoms with E-state index in [0.29, 0.717) is 5.56 Å². The zero-order valence-electron chi connectivity index (χ0n) is 16.7. The molecular formula is C21H20F3N3O3S. The van der Waals surface area contributed by atoms with Gasteiger partial charge >= 0.3 is 12.2 Å². The van der Waals surface area contributed by atoms with Crippen LogP contribution in [-0.2, 0) is 11.0 Å². The highest BCUT2D eigenvalue weighted by atomic mass is 32.2. The predicted molar refractivity (Wildman–Crippen MR) is 111 cm³/mol. The number of thioether (sulfide) groups is 1. The Kier molecular flexibility index (Phi) is 6.30. The maximum absolute atomic E-state index is 12.7. The van der Waals surface area contributed by atoms with E-state index >= 15 is 0 Å². The maximum atomic E-state index is 12.7. The van der Waals surface area contributed by atoms with Gasteiger partial charge in [-0.2, -0.15) is 13.2 Å². The van der Waals surface area contributed by atoms with Gasteiger partial charge in [-0.25, -0.2) is 4.79 Å². The lowest BCUT2D eigenvalue weighted by molar-refractivity contribution is -0.137. The zero-order valence-corrected chi connectivity index (χ0v) is 17.5. The highest BCUT2D eigenvalue weighted by Gasteiger charge is 2.44. The monoisotopic (exact) mass is 451 g/mol. The van der Waals surface area contributed by atoms with Crippen LogP contribution < -0.4 is 5.32 Å². The van der Waals surface area contributed by atoms with Gasteiger partial charge in [0.2, 0.25) is 0 Å². The zero-order chi connectivity index (χ0) is 22.8. The van der Waals surface area contributed by atoms with E-state index < -0.39 is 29.2 Å². The first-order valence-electron chi connectivity index (χ1n) is 9.25. The highest BCUT2D eigenvalue weighted by molar-refractivity contribution is 8.00. The normalized spacial score (nSPS) is 16.5. The second-order valence-electron chi connectivity index (χ2n) is 7.50. The van der Waals surface area contributed by atoms with Crippen LogP contribution in [0.1, 0.15) is 19.4 Å². The summed E-state index contributed by atoms with van der Waals surface area (Å²) in [4.78, 5) is 26.0. The molecule has 31 heavy (non-hydrogen) atoms. The number of benzene rings is 2. The third-order valence-electron chi connectivity index (χ3n) is 4.73. The number of rotatable bonds is 6. The van der Waals surface area contributed by atoms with Crippen LogP contribution in [0.5, 0.6) is 0 Å². The van der Waals surface area contributed by atoms with Crippen LogP contribution >= 0.6 is 11.8 Å². The van der Waals surface area contributed by atoms with E-state index in [9.17, 15) is 28.0 Å². The molecule has 1 heterocycles. The van der Waals surface area contributed by atoms with Crippen LogP contribution in [0.4, 0.5) is 18.0 Å². The molecule has 2 aromatic rings. The van der Waals surface area contributed by atoms with E-state index in [4.69, 9.17) is 0 Å². The van der Waals surface area contributed by atoms with Crippen LogP contribution in [0.2, 0.25) is 0 Å². The number of nitrogens with zero attached hydrogens (tertiary/aromatic N) is 2. The van der Waals surface area contributed by atoms with Gasteiger partial charge in [-0.3, -0.25) is 9.69 Å². The summed E-state index contributed by atoms with van der Waals surface area (Å²) in [5.74, 6) is -0.155. The first kappa shape index (κ1) is 22.7. The lowest BCUT2D eigenvalue weighted by Crippen LogP contribution is -2.41. The Morgan fingerprint density at radius 2 is 1.61 bits per heavy atom. The average Bonchev–Trinajstić information content (AvgIpc) is 2.92. The molecule has 10 heteroatoms. The topological polar surface area (TPSA) is 82.0 Å². The van der Waals surface area contributed by atoms with Crippen LogP contribution in [0, 0.1) is 0 Å². The first-order chi connectivity index (χ1) is 14.5. The van der Waals surface area contributed by atoms with Gasteiger partial charge < -0.3 is 10.5 Å². The summed E-state index contributed by atoms with van der Waals surface area (Å²) in [6, 6.07) is 11.5. The Labute approximate surface area is 181 Å². The van der Waals surface area contributed by atoms with Gasteiger partial charge in [-0.15, -0.1) is 11.8 Å². The minimum atomic E-state index is -4.37. The maximum Gasteiger partial charge on any atom is 0.416 e. The predicted octanol–water partition coefficient (Wildman–Crippen LogP) is 4.63. The summed E-state index contributed by atoms with van der Waals surface area (Å²) in [5.41, 5.74) is -0.0383. The Bertz CT molecular complexity index is 1000. The number of hydrogen-bond donors (Lipinski definition) is 2. The molecule has 0 aliphatic carbocycles. The van der Waals surface area contributed by atoms with Crippen molar-refractivity contribution < 1.29 is 28.0 Å². The smallest absolute Gasteiger partial charge is 0.411 e. The fraction of sp³-hybridized carbons (Fsp3) is 0.286. The molecule has 3 amide bonds. The molecule has 0 saturated carbocycles. The minimum Gasteiger partial charge on any atom is -0.411 e. The molecule has 0 aromatic heterocycles. The van der Waals surface area contributed by atoms with Crippen molar-refractivity contribution in [3.63, 3.8) is 0 Å². The Hall–Kier alpha value is -3.01. The molecule has 0 bridgehead atoms. The van der Waals surface area contributed by atoms with Crippen LogP contribution in [0.15, 0.2) is 58.6 Å². The molecule has 1 aliphatic rings. The Morgan fingerprint density at radius 1 is 1.06 bits per heavy atom. The van der Waals surface area contributed by atoms with Crippen molar-refractivity contribution in [1.29, 1.82) is 0 Å². The molecule has 1 saturated heterocycles. The van der Waals surface area contributed by atoms with Crippen molar-refractivity contribution in [1.82, 2.24) is 10.2 Å². The molecule has 3 rings (SSSR count). The molecule has 0 spiro atoms. The van der Waals surface area contributed by atoms with Gasteiger partial charge in [0.05, 0.1) is 17.8 Å². The Morgan fingerprint density at radius 3 is 2.06 bits per heavy atom. The number of hydrogen-bond acceptors (Lipinski definition) is 5. The summed E-state index contributed by atoms with van der Waals surface area (Å²) in [6.07, 6.45) is -4.37. The number of nitrogens with one attached hydrogen (secondary N) is 1. The quantitative estimate of drug-likeness (QED) is 0.221. The van der Waals surface area contributed by atoms with E-state index in [1.54, 1.807) is 38.1 Å². The van der Waals surface area contributed by atoms with Crippen molar-refractivity contribution in [3.05, 3.63) is 54.1 Å². The fourth-order valence-corrected chi connectivity index (χ4v) is 3.82. The van der Waals surface area contributed by atoms with E-state index in [1.165, 1.54) is 23.9 Å². The lowest BCUT2D eigenvalue weighted by Gasteiger charge is -2.16. The van der Waals surface area contributed by atoms with Crippen molar-refractivity contribution >= 4 is 29.4 Å². The van der Waals surface area contributed by atoms with Crippen molar-refractivity contribution in [3.8, 4) is 11.1 Å². The van der Waals surface area contributed by atoms with Crippen LogP contribution in [0.25, 0.3) is 11.1 Å². The number of carbonyl (C=O) groups excluding carboxylic acids is 2. The molecule has 2 aromatic carbocycles. The van der Waals surface area contributed by atoms with Crippen molar-refractivity contribution in [2.24, 2.45) is 5.16 Å². The van der Waals surface area contributed by atoms with Crippen molar-refractivity contribution in [2.75, 3.05) is 12.3 Å². The largest absolute Gasteiger partial charge is 0.416 e. The molecule has 2 N–H and O–H groups in total. The first-order valence-corrected chi connectivity index (χ1v) is 10.2. The Balaban J connectivity index is 1.61. The molecule has 0 radical (unpaired) electrons. The van der Waals surface area contributed by atoms with Crippen molar-refractivity contribution in [2.45, 2.75) is 30.5 Å². The lowest BCUT2D eigenvalue weighted by atomic mass is 10.0. The van der Waals surface area contributed by atoms with Crippen LogP contribution in [0.3, 0.4) is 0 Å². The van der Waals surface area contributed by atoms with E-state index in [0.717, 1.165) is 27.5 Å². The number of halogens is 3. The SMILES string of the molecule is CC1(C)NC(=O)N(C/C(CSc2ccc(-c3ccc(C(F)(F)F)cc3)cc2)=N\O)C1=O. The number of carbonyl (C=O) groups is 2. The fourth-order valence-electron chi connectivity index (χ4n) is 3.01. The average molecular weight is 451 g/mol. The van der Waals surface area contributed by atoms with Gasteiger partial charge in [-0.05, 0) is 49.2 Å². The number of alkyl halides is 3. The summed E-state index contributed by atoms with van der Waals surface area (Å²) in [7, 11) is 0. The molecule has 1 fully saturated rings. The van der Waals surface area contributed by atoms with Gasteiger partial charge in [0.15, 0.2) is 0 Å². The van der Waals surface area contributed by atoms with Gasteiger partial charge in [0.1, 0.15) is 5.54 Å². The minimum absolute atomic E-state index is 0.124. The van der Waals surface area contributed by atoms with E-state index in [1.807, 2.05) is 0 Å². The molecule has 0 unspecified atom stereocenters. The molecule has 1 aliphatic heterocycles. The summed E-state index contributed by atoms with van der Waals surface area (Å²) >= 11 is 1.34.